The molecule has 0 radical (unpaired) electrons. The Hall–Kier alpha value is -4.96. The van der Waals surface area contributed by atoms with Crippen LogP contribution < -0.4 is 0 Å². The molecule has 37 heavy (non-hydrogen) atoms. The lowest BCUT2D eigenvalue weighted by molar-refractivity contribution is 0.670. The van der Waals surface area contributed by atoms with Gasteiger partial charge in [-0.1, -0.05) is 97.1 Å². The van der Waals surface area contributed by atoms with Gasteiger partial charge in [0.15, 0.2) is 11.5 Å². The summed E-state index contributed by atoms with van der Waals surface area (Å²) < 4.78 is 8.46. The second-order valence-corrected chi connectivity index (χ2v) is 9.56. The zero-order valence-electron chi connectivity index (χ0n) is 20.1. The quantitative estimate of drug-likeness (QED) is 0.235. The number of para-hydroxylation sites is 3. The Kier molecular flexibility index (Phi) is 4.12. The standard InChI is InChI=1S/C33H21N3O/c1-20-8-6-13-27-30(20)26-10-2-4-14-28(26)36-32(34-35-33(27)36)22-18-16-21(17-19-22)23-11-7-12-25-24-9-3-5-15-29(24)37-31(23)25/h2-19H,1H3. The van der Waals surface area contributed by atoms with E-state index in [-0.39, 0.29) is 0 Å². The molecule has 0 spiro atoms. The third kappa shape index (κ3) is 2.84. The van der Waals surface area contributed by atoms with E-state index in [9.17, 15) is 0 Å². The van der Waals surface area contributed by atoms with Gasteiger partial charge < -0.3 is 4.42 Å². The molecule has 0 saturated carbocycles. The van der Waals surface area contributed by atoms with E-state index in [1.807, 2.05) is 12.1 Å². The number of furan rings is 1. The molecule has 5 aromatic carbocycles. The van der Waals surface area contributed by atoms with Gasteiger partial charge in [-0.15, -0.1) is 10.2 Å². The average molecular weight is 476 g/mol. The van der Waals surface area contributed by atoms with Crippen LogP contribution in [0.4, 0.5) is 0 Å². The molecule has 0 unspecified atom stereocenters. The predicted octanol–water partition coefficient (Wildman–Crippen LogP) is 8.58. The smallest absolute Gasteiger partial charge is 0.169 e. The first-order valence-corrected chi connectivity index (χ1v) is 12.4. The van der Waals surface area contributed by atoms with E-state index < -0.39 is 0 Å². The molecular formula is C33H21N3O. The molecule has 0 amide bonds. The maximum absolute atomic E-state index is 6.27. The van der Waals surface area contributed by atoms with Crippen molar-refractivity contribution in [3.63, 3.8) is 0 Å². The molecule has 0 bridgehead atoms. The Balaban J connectivity index is 1.33. The topological polar surface area (TPSA) is 43.3 Å². The first-order valence-electron chi connectivity index (χ1n) is 12.4. The lowest BCUT2D eigenvalue weighted by Gasteiger charge is -2.11. The van der Waals surface area contributed by atoms with Crippen molar-refractivity contribution >= 4 is 49.3 Å². The number of hydrogen-bond acceptors (Lipinski definition) is 3. The summed E-state index contributed by atoms with van der Waals surface area (Å²) in [5.41, 5.74) is 8.25. The predicted molar refractivity (Wildman–Crippen MR) is 151 cm³/mol. The largest absolute Gasteiger partial charge is 0.455 e. The van der Waals surface area contributed by atoms with Crippen molar-refractivity contribution in [2.45, 2.75) is 6.92 Å². The van der Waals surface area contributed by atoms with Gasteiger partial charge >= 0.3 is 0 Å². The minimum absolute atomic E-state index is 0.836. The highest BCUT2D eigenvalue weighted by Gasteiger charge is 2.17. The van der Waals surface area contributed by atoms with Crippen LogP contribution >= 0.6 is 0 Å². The molecule has 0 atom stereocenters. The molecule has 174 valence electrons. The lowest BCUT2D eigenvalue weighted by Crippen LogP contribution is -1.95. The SMILES string of the molecule is Cc1cccc2c1c1ccccc1n1c(-c3ccc(-c4cccc5c4oc4ccccc45)cc3)nnc21. The minimum atomic E-state index is 0.836. The summed E-state index contributed by atoms with van der Waals surface area (Å²) in [5.74, 6) is 0.836. The van der Waals surface area contributed by atoms with Crippen LogP contribution in [0.2, 0.25) is 0 Å². The monoisotopic (exact) mass is 475 g/mol. The molecule has 4 heteroatoms. The highest BCUT2D eigenvalue weighted by molar-refractivity contribution is 6.13. The van der Waals surface area contributed by atoms with Gasteiger partial charge in [0.25, 0.3) is 0 Å². The van der Waals surface area contributed by atoms with E-state index >= 15 is 0 Å². The third-order valence-electron chi connectivity index (χ3n) is 7.45. The van der Waals surface area contributed by atoms with Crippen LogP contribution in [0, 0.1) is 6.92 Å². The van der Waals surface area contributed by atoms with Crippen LogP contribution in [0.15, 0.2) is 114 Å². The lowest BCUT2D eigenvalue weighted by atomic mass is 10.0. The van der Waals surface area contributed by atoms with Crippen molar-refractivity contribution in [1.82, 2.24) is 14.6 Å². The third-order valence-corrected chi connectivity index (χ3v) is 7.45. The zero-order valence-corrected chi connectivity index (χ0v) is 20.1. The Bertz CT molecular complexity index is 2150. The number of fused-ring (bicyclic) bond motifs is 9. The maximum Gasteiger partial charge on any atom is 0.169 e. The zero-order chi connectivity index (χ0) is 24.5. The van der Waals surface area contributed by atoms with Gasteiger partial charge in [0.1, 0.15) is 11.2 Å². The summed E-state index contributed by atoms with van der Waals surface area (Å²) in [6.45, 7) is 2.16. The van der Waals surface area contributed by atoms with Crippen molar-refractivity contribution in [2.75, 3.05) is 0 Å². The summed E-state index contributed by atoms with van der Waals surface area (Å²) in [6.07, 6.45) is 0. The number of hydrogen-bond donors (Lipinski definition) is 0. The van der Waals surface area contributed by atoms with Gasteiger partial charge in [0, 0.05) is 32.7 Å². The van der Waals surface area contributed by atoms with Crippen molar-refractivity contribution in [1.29, 1.82) is 0 Å². The summed E-state index contributed by atoms with van der Waals surface area (Å²) in [4.78, 5) is 0. The van der Waals surface area contributed by atoms with Crippen molar-refractivity contribution in [2.24, 2.45) is 0 Å². The van der Waals surface area contributed by atoms with E-state index in [1.165, 1.54) is 16.3 Å². The Morgan fingerprint density at radius 2 is 1.30 bits per heavy atom. The molecule has 8 aromatic rings. The fourth-order valence-corrected chi connectivity index (χ4v) is 5.74. The number of aryl methyl sites for hydroxylation is 1. The van der Waals surface area contributed by atoms with Crippen LogP contribution in [0.5, 0.6) is 0 Å². The van der Waals surface area contributed by atoms with Gasteiger partial charge in [-0.05, 0) is 35.6 Å². The molecule has 3 heterocycles. The van der Waals surface area contributed by atoms with E-state index in [0.717, 1.165) is 61.0 Å². The average Bonchev–Trinajstić information content (AvgIpc) is 3.56. The molecular weight excluding hydrogens is 454 g/mol. The molecule has 0 aliphatic heterocycles. The first-order chi connectivity index (χ1) is 18.3. The van der Waals surface area contributed by atoms with Crippen LogP contribution in [-0.4, -0.2) is 14.6 Å². The van der Waals surface area contributed by atoms with Crippen molar-refractivity contribution in [3.8, 4) is 22.5 Å². The summed E-state index contributed by atoms with van der Waals surface area (Å²) >= 11 is 0. The van der Waals surface area contributed by atoms with Gasteiger partial charge in [-0.2, -0.15) is 0 Å². The van der Waals surface area contributed by atoms with E-state index in [1.54, 1.807) is 0 Å². The molecule has 0 fully saturated rings. The second kappa shape index (κ2) is 7.52. The van der Waals surface area contributed by atoms with Crippen LogP contribution in [0.1, 0.15) is 5.56 Å². The van der Waals surface area contributed by atoms with Crippen molar-refractivity contribution < 1.29 is 4.42 Å². The van der Waals surface area contributed by atoms with Crippen molar-refractivity contribution in [3.05, 3.63) is 115 Å². The first kappa shape index (κ1) is 20.3. The highest BCUT2D eigenvalue weighted by atomic mass is 16.3. The minimum Gasteiger partial charge on any atom is -0.455 e. The molecule has 8 rings (SSSR count). The Labute approximate surface area is 212 Å². The highest BCUT2D eigenvalue weighted by Crippen LogP contribution is 2.37. The molecule has 4 nitrogen and oxygen atoms in total. The van der Waals surface area contributed by atoms with E-state index in [4.69, 9.17) is 4.42 Å². The molecule has 0 aliphatic carbocycles. The van der Waals surface area contributed by atoms with Crippen LogP contribution in [0.25, 0.3) is 71.8 Å². The summed E-state index contributed by atoms with van der Waals surface area (Å²) in [7, 11) is 0. The van der Waals surface area contributed by atoms with Gasteiger partial charge in [-0.25, -0.2) is 0 Å². The van der Waals surface area contributed by atoms with E-state index in [2.05, 4.69) is 119 Å². The number of benzene rings is 5. The maximum atomic E-state index is 6.27. The number of pyridine rings is 1. The van der Waals surface area contributed by atoms with Gasteiger partial charge in [0.2, 0.25) is 0 Å². The van der Waals surface area contributed by atoms with Gasteiger partial charge in [-0.3, -0.25) is 4.40 Å². The second-order valence-electron chi connectivity index (χ2n) is 9.56. The Morgan fingerprint density at radius 3 is 2.19 bits per heavy atom. The van der Waals surface area contributed by atoms with Crippen LogP contribution in [-0.2, 0) is 0 Å². The molecule has 0 saturated heterocycles. The van der Waals surface area contributed by atoms with Crippen LogP contribution in [0.3, 0.4) is 0 Å². The fraction of sp³-hybridized carbons (Fsp3) is 0.0303. The van der Waals surface area contributed by atoms with Gasteiger partial charge in [0.05, 0.1) is 5.52 Å². The molecule has 0 aliphatic rings. The molecule has 3 aromatic heterocycles. The van der Waals surface area contributed by atoms with E-state index in [0.29, 0.717) is 0 Å². The molecule has 0 N–H and O–H groups in total. The number of nitrogens with zero attached hydrogens (tertiary/aromatic N) is 3. The number of aromatic nitrogens is 3. The fourth-order valence-electron chi connectivity index (χ4n) is 5.74. The normalized spacial score (nSPS) is 11.9. The summed E-state index contributed by atoms with van der Waals surface area (Å²) in [5, 5.41) is 15.2. The Morgan fingerprint density at radius 1 is 0.595 bits per heavy atom. The summed E-state index contributed by atoms with van der Waals surface area (Å²) in [6, 6.07) is 38.0. The number of rotatable bonds is 2.